The lowest BCUT2D eigenvalue weighted by molar-refractivity contribution is -0.485. The molecule has 156 valence electrons. The topological polar surface area (TPSA) is 157 Å². The van der Waals surface area contributed by atoms with Gasteiger partial charge in [0.2, 0.25) is 0 Å². The van der Waals surface area contributed by atoms with Crippen molar-refractivity contribution in [1.29, 1.82) is 0 Å². The Morgan fingerprint density at radius 3 is 2.82 bits per heavy atom. The molecule has 1 atom stereocenters. The molecule has 28 heavy (non-hydrogen) atoms. The number of rotatable bonds is 9. The van der Waals surface area contributed by atoms with E-state index in [1.165, 1.54) is 0 Å². The standard InChI is InChI=1S/C17H29N7O4/c1-17(2,3)28-16(25)22-15(23-24(26)27)21-9-5-7-14(18)12-20-11-13-6-4-8-19-10-13/h4,6,8,10,14,20H,5,7,9,11-12,18H2,1-3H3,(H2,21,22,23,25)/t14-/m0/s1. The molecular weight excluding hydrogens is 366 g/mol. The van der Waals surface area contributed by atoms with Crippen molar-refractivity contribution in [3.8, 4) is 0 Å². The second-order valence-electron chi connectivity index (χ2n) is 7.13. The SMILES string of the molecule is CC(C)(C)OC(=O)NC(=N[N+](=O)[O-])NCCC[C@H](N)CNCc1cccnc1. The number of ether oxygens (including phenoxy) is 1. The smallest absolute Gasteiger partial charge is 0.414 e. The second-order valence-corrected chi connectivity index (χ2v) is 7.13. The fourth-order valence-corrected chi connectivity index (χ4v) is 2.16. The van der Waals surface area contributed by atoms with Crippen LogP contribution in [-0.2, 0) is 11.3 Å². The number of carbonyl (C=O) groups is 1. The van der Waals surface area contributed by atoms with E-state index >= 15 is 0 Å². The lowest BCUT2D eigenvalue weighted by Crippen LogP contribution is -2.44. The van der Waals surface area contributed by atoms with Gasteiger partial charge in [0, 0.05) is 38.1 Å². The highest BCUT2D eigenvalue weighted by molar-refractivity contribution is 5.93. The van der Waals surface area contributed by atoms with E-state index in [0.717, 1.165) is 5.56 Å². The summed E-state index contributed by atoms with van der Waals surface area (Å²) in [5, 5.41) is 21.0. The van der Waals surface area contributed by atoms with Crippen LogP contribution in [0.3, 0.4) is 0 Å². The number of nitrogens with one attached hydrogen (secondary N) is 3. The third kappa shape index (κ3) is 11.8. The molecule has 0 radical (unpaired) electrons. The van der Waals surface area contributed by atoms with Crippen LogP contribution in [-0.4, -0.2) is 46.8 Å². The summed E-state index contributed by atoms with van der Waals surface area (Å²) in [6.07, 6.45) is 4.01. The first-order chi connectivity index (χ1) is 13.2. The van der Waals surface area contributed by atoms with Crippen molar-refractivity contribution in [2.24, 2.45) is 10.8 Å². The van der Waals surface area contributed by atoms with Crippen LogP contribution in [0.25, 0.3) is 0 Å². The van der Waals surface area contributed by atoms with Gasteiger partial charge in [-0.05, 0) is 45.2 Å². The Hall–Kier alpha value is -2.79. The van der Waals surface area contributed by atoms with Crippen molar-refractivity contribution < 1.29 is 14.6 Å². The number of nitro groups is 1. The molecule has 0 aromatic carbocycles. The molecule has 1 amide bonds. The Balaban J connectivity index is 2.29. The van der Waals surface area contributed by atoms with Crippen molar-refractivity contribution >= 4 is 12.1 Å². The van der Waals surface area contributed by atoms with Gasteiger partial charge in [0.1, 0.15) is 10.7 Å². The maximum atomic E-state index is 11.7. The number of hydrogen-bond donors (Lipinski definition) is 4. The van der Waals surface area contributed by atoms with Crippen molar-refractivity contribution in [1.82, 2.24) is 20.9 Å². The highest BCUT2D eigenvalue weighted by Crippen LogP contribution is 2.06. The van der Waals surface area contributed by atoms with E-state index in [1.807, 2.05) is 12.1 Å². The Labute approximate surface area is 164 Å². The number of nitrogens with two attached hydrogens (primary N) is 1. The predicted molar refractivity (Wildman–Crippen MR) is 105 cm³/mol. The molecule has 1 rings (SSSR count). The van der Waals surface area contributed by atoms with Crippen LogP contribution in [0.2, 0.25) is 0 Å². The average Bonchev–Trinajstić information content (AvgIpc) is 2.57. The molecule has 0 saturated heterocycles. The molecule has 5 N–H and O–H groups in total. The Kier molecular flexibility index (Phi) is 9.82. The second kappa shape index (κ2) is 11.8. The van der Waals surface area contributed by atoms with Crippen LogP contribution in [0.5, 0.6) is 0 Å². The molecule has 1 aromatic heterocycles. The Morgan fingerprint density at radius 1 is 1.46 bits per heavy atom. The summed E-state index contributed by atoms with van der Waals surface area (Å²) in [5.41, 5.74) is 6.40. The molecule has 0 aliphatic rings. The van der Waals surface area contributed by atoms with Gasteiger partial charge in [-0.3, -0.25) is 10.3 Å². The van der Waals surface area contributed by atoms with Gasteiger partial charge in [0.05, 0.1) is 0 Å². The molecular formula is C17H29N7O4. The minimum absolute atomic E-state index is 0.0757. The van der Waals surface area contributed by atoms with Crippen LogP contribution < -0.4 is 21.7 Å². The lowest BCUT2D eigenvalue weighted by atomic mass is 10.1. The maximum absolute atomic E-state index is 11.7. The van der Waals surface area contributed by atoms with Gasteiger partial charge >= 0.3 is 6.09 Å². The molecule has 11 heteroatoms. The summed E-state index contributed by atoms with van der Waals surface area (Å²) in [6, 6.07) is 3.77. The number of pyridine rings is 1. The molecule has 1 aromatic rings. The summed E-state index contributed by atoms with van der Waals surface area (Å²) in [7, 11) is 0. The van der Waals surface area contributed by atoms with Crippen molar-refractivity contribution in [3.63, 3.8) is 0 Å². The van der Waals surface area contributed by atoms with E-state index in [9.17, 15) is 14.9 Å². The monoisotopic (exact) mass is 395 g/mol. The Morgan fingerprint density at radius 2 is 2.21 bits per heavy atom. The zero-order chi connectivity index (χ0) is 21.0. The maximum Gasteiger partial charge on any atom is 0.414 e. The summed E-state index contributed by atoms with van der Waals surface area (Å²) < 4.78 is 5.05. The highest BCUT2D eigenvalue weighted by atomic mass is 16.7. The number of hydrazone groups is 1. The molecule has 0 saturated carbocycles. The minimum atomic E-state index is -0.895. The number of guanidine groups is 1. The van der Waals surface area contributed by atoms with Crippen LogP contribution in [0, 0.1) is 10.1 Å². The van der Waals surface area contributed by atoms with Gasteiger partial charge in [-0.1, -0.05) is 6.07 Å². The molecule has 0 unspecified atom stereocenters. The highest BCUT2D eigenvalue weighted by Gasteiger charge is 2.18. The number of aromatic nitrogens is 1. The number of carbonyl (C=O) groups excluding carboxylic acids is 1. The summed E-state index contributed by atoms with van der Waals surface area (Å²) in [4.78, 5) is 26.4. The summed E-state index contributed by atoms with van der Waals surface area (Å²) in [6.45, 7) is 6.73. The molecule has 1 heterocycles. The van der Waals surface area contributed by atoms with Gasteiger partial charge in [0.15, 0.2) is 5.03 Å². The van der Waals surface area contributed by atoms with E-state index in [-0.39, 0.29) is 12.0 Å². The zero-order valence-corrected chi connectivity index (χ0v) is 16.5. The largest absolute Gasteiger partial charge is 0.444 e. The molecule has 0 spiro atoms. The summed E-state index contributed by atoms with van der Waals surface area (Å²) in [5.74, 6) is -0.275. The number of nitrogens with zero attached hydrogens (tertiary/aromatic N) is 3. The van der Waals surface area contributed by atoms with Crippen LogP contribution in [0.1, 0.15) is 39.2 Å². The van der Waals surface area contributed by atoms with E-state index in [2.05, 4.69) is 26.0 Å². The summed E-state index contributed by atoms with van der Waals surface area (Å²) >= 11 is 0. The third-order valence-electron chi connectivity index (χ3n) is 3.30. The first-order valence-electron chi connectivity index (χ1n) is 8.98. The van der Waals surface area contributed by atoms with E-state index < -0.39 is 16.7 Å². The fourth-order valence-electron chi connectivity index (χ4n) is 2.16. The first kappa shape index (κ1) is 23.2. The van der Waals surface area contributed by atoms with Crippen molar-refractivity contribution in [3.05, 3.63) is 40.2 Å². The predicted octanol–water partition coefficient (Wildman–Crippen LogP) is 0.941. The van der Waals surface area contributed by atoms with E-state index in [0.29, 0.717) is 32.5 Å². The lowest BCUT2D eigenvalue weighted by Gasteiger charge is -2.19. The van der Waals surface area contributed by atoms with Gasteiger partial charge in [-0.25, -0.2) is 14.9 Å². The van der Waals surface area contributed by atoms with Crippen LogP contribution in [0.15, 0.2) is 29.6 Å². The number of amides is 1. The first-order valence-corrected chi connectivity index (χ1v) is 8.98. The van der Waals surface area contributed by atoms with E-state index in [4.69, 9.17) is 10.5 Å². The number of alkyl carbamates (subject to hydrolysis) is 1. The molecule has 0 aliphatic carbocycles. The molecule has 0 fully saturated rings. The van der Waals surface area contributed by atoms with Crippen LogP contribution >= 0.6 is 0 Å². The van der Waals surface area contributed by atoms with E-state index in [1.54, 1.807) is 33.2 Å². The zero-order valence-electron chi connectivity index (χ0n) is 16.5. The third-order valence-corrected chi connectivity index (χ3v) is 3.30. The van der Waals surface area contributed by atoms with Crippen LogP contribution in [0.4, 0.5) is 4.79 Å². The van der Waals surface area contributed by atoms with Crippen molar-refractivity contribution in [2.75, 3.05) is 13.1 Å². The Bertz CT molecular complexity index is 647. The van der Waals surface area contributed by atoms with Gasteiger partial charge < -0.3 is 21.1 Å². The number of hydrogen-bond acceptors (Lipinski definition) is 7. The van der Waals surface area contributed by atoms with Gasteiger partial charge in [0.25, 0.3) is 5.96 Å². The van der Waals surface area contributed by atoms with Gasteiger partial charge in [-0.15, -0.1) is 0 Å². The minimum Gasteiger partial charge on any atom is -0.444 e. The fraction of sp³-hybridized carbons (Fsp3) is 0.588. The molecule has 0 bridgehead atoms. The molecule has 11 nitrogen and oxygen atoms in total. The normalized spacial score (nSPS) is 12.9. The quantitative estimate of drug-likeness (QED) is 0.158. The average molecular weight is 395 g/mol. The van der Waals surface area contributed by atoms with Gasteiger partial charge in [-0.2, -0.15) is 0 Å². The van der Waals surface area contributed by atoms with Crippen molar-refractivity contribution in [2.45, 2.75) is 51.8 Å². The molecule has 0 aliphatic heterocycles.